The van der Waals surface area contributed by atoms with E-state index in [9.17, 15) is 19.1 Å². The number of carboxylic acid groups (broad SMARTS) is 1. The molecule has 1 saturated heterocycles. The third kappa shape index (κ3) is 4.26. The number of benzene rings is 2. The first-order chi connectivity index (χ1) is 14.0. The molecule has 0 bridgehead atoms. The summed E-state index contributed by atoms with van der Waals surface area (Å²) in [6, 6.07) is 13.8. The van der Waals surface area contributed by atoms with E-state index in [1.54, 1.807) is 6.07 Å². The van der Waals surface area contributed by atoms with Crippen molar-refractivity contribution in [3.63, 3.8) is 0 Å². The van der Waals surface area contributed by atoms with E-state index >= 15 is 0 Å². The zero-order valence-corrected chi connectivity index (χ0v) is 16.2. The number of hydrogen-bond acceptors (Lipinski definition) is 2. The fourth-order valence-electron chi connectivity index (χ4n) is 4.38. The average molecular weight is 396 g/mol. The van der Waals surface area contributed by atoms with E-state index in [2.05, 4.69) is 5.32 Å². The number of likely N-dealkylation sites (tertiary alicyclic amines) is 1. The minimum absolute atomic E-state index is 0.0831. The van der Waals surface area contributed by atoms with Gasteiger partial charge in [-0.15, -0.1) is 0 Å². The monoisotopic (exact) mass is 396 g/mol. The van der Waals surface area contributed by atoms with E-state index in [1.807, 2.05) is 35.2 Å². The molecule has 0 aromatic heterocycles. The molecular formula is C23H25FN2O3. The molecule has 2 unspecified atom stereocenters. The summed E-state index contributed by atoms with van der Waals surface area (Å²) in [6.45, 7) is 0.578. The predicted octanol–water partition coefficient (Wildman–Crippen LogP) is 4.07. The van der Waals surface area contributed by atoms with Crippen molar-refractivity contribution >= 4 is 12.0 Å². The molecule has 1 aliphatic carbocycles. The van der Waals surface area contributed by atoms with Crippen molar-refractivity contribution in [2.45, 2.75) is 44.2 Å². The van der Waals surface area contributed by atoms with Crippen LogP contribution < -0.4 is 5.32 Å². The van der Waals surface area contributed by atoms with Gasteiger partial charge in [0, 0.05) is 12.5 Å². The Morgan fingerprint density at radius 3 is 2.45 bits per heavy atom. The maximum absolute atomic E-state index is 13.6. The molecule has 29 heavy (non-hydrogen) atoms. The van der Waals surface area contributed by atoms with E-state index in [0.29, 0.717) is 19.4 Å². The zero-order chi connectivity index (χ0) is 20.4. The number of nitrogens with one attached hydrogen (secondary N) is 1. The Labute approximate surface area is 169 Å². The van der Waals surface area contributed by atoms with Crippen LogP contribution in [0.5, 0.6) is 0 Å². The molecule has 1 heterocycles. The molecule has 2 aromatic rings. The molecule has 5 nitrogen and oxygen atoms in total. The highest BCUT2D eigenvalue weighted by Gasteiger charge is 2.41. The SMILES string of the molecule is O=C(O)NC1CCN(C(=O)C2CCC2)C1Cc1cccc(-c2cccc(F)c2)c1. The van der Waals surface area contributed by atoms with Gasteiger partial charge in [0.15, 0.2) is 0 Å². The molecule has 4 rings (SSSR count). The van der Waals surface area contributed by atoms with E-state index in [1.165, 1.54) is 12.1 Å². The lowest BCUT2D eigenvalue weighted by Crippen LogP contribution is -2.49. The number of carbonyl (C=O) groups is 2. The topological polar surface area (TPSA) is 69.6 Å². The van der Waals surface area contributed by atoms with Crippen LogP contribution in [0.1, 0.15) is 31.2 Å². The van der Waals surface area contributed by atoms with Crippen LogP contribution in [0.3, 0.4) is 0 Å². The highest BCUT2D eigenvalue weighted by Crippen LogP contribution is 2.32. The first-order valence-electron chi connectivity index (χ1n) is 10.2. The van der Waals surface area contributed by atoms with E-state index < -0.39 is 6.09 Å². The van der Waals surface area contributed by atoms with Crippen LogP contribution in [0.2, 0.25) is 0 Å². The molecule has 2 amide bonds. The number of amides is 2. The maximum atomic E-state index is 13.6. The largest absolute Gasteiger partial charge is 0.465 e. The number of rotatable bonds is 5. The second kappa shape index (κ2) is 8.23. The van der Waals surface area contributed by atoms with E-state index in [4.69, 9.17) is 0 Å². The summed E-state index contributed by atoms with van der Waals surface area (Å²) in [5.41, 5.74) is 2.70. The normalized spacial score (nSPS) is 21.6. The molecule has 1 saturated carbocycles. The Kier molecular flexibility index (Phi) is 5.51. The molecule has 1 aliphatic heterocycles. The minimum atomic E-state index is -1.06. The van der Waals surface area contributed by atoms with Gasteiger partial charge >= 0.3 is 6.09 Å². The molecule has 2 aromatic carbocycles. The fourth-order valence-corrected chi connectivity index (χ4v) is 4.38. The molecule has 6 heteroatoms. The molecule has 152 valence electrons. The fraction of sp³-hybridized carbons (Fsp3) is 0.391. The number of hydrogen-bond donors (Lipinski definition) is 2. The molecule has 2 atom stereocenters. The third-order valence-corrected chi connectivity index (χ3v) is 6.12. The highest BCUT2D eigenvalue weighted by molar-refractivity contribution is 5.80. The Hall–Kier alpha value is -2.89. The first kappa shape index (κ1) is 19.4. The quantitative estimate of drug-likeness (QED) is 0.800. The van der Waals surface area contributed by atoms with Crippen molar-refractivity contribution in [2.75, 3.05) is 6.54 Å². The van der Waals surface area contributed by atoms with Crippen molar-refractivity contribution in [1.82, 2.24) is 10.2 Å². The van der Waals surface area contributed by atoms with Crippen LogP contribution in [0.25, 0.3) is 11.1 Å². The van der Waals surface area contributed by atoms with Crippen molar-refractivity contribution in [3.05, 3.63) is 59.9 Å². The minimum Gasteiger partial charge on any atom is -0.465 e. The van der Waals surface area contributed by atoms with E-state index in [0.717, 1.165) is 36.0 Å². The van der Waals surface area contributed by atoms with Gasteiger partial charge in [0.1, 0.15) is 5.82 Å². The molecule has 2 N–H and O–H groups in total. The van der Waals surface area contributed by atoms with Gasteiger partial charge in [-0.3, -0.25) is 4.79 Å². The Morgan fingerprint density at radius 2 is 1.79 bits per heavy atom. The van der Waals surface area contributed by atoms with Crippen molar-refractivity contribution in [3.8, 4) is 11.1 Å². The molecule has 0 radical (unpaired) electrons. The van der Waals surface area contributed by atoms with E-state index in [-0.39, 0.29) is 29.7 Å². The van der Waals surface area contributed by atoms with Gasteiger partial charge in [-0.1, -0.05) is 42.8 Å². The van der Waals surface area contributed by atoms with Crippen molar-refractivity contribution in [1.29, 1.82) is 0 Å². The third-order valence-electron chi connectivity index (χ3n) is 6.12. The zero-order valence-electron chi connectivity index (χ0n) is 16.2. The standard InChI is InChI=1S/C23H25FN2O3/c24-19-9-3-8-18(14-19)17-7-1-4-15(12-17)13-21-20(25-23(28)29)10-11-26(21)22(27)16-5-2-6-16/h1,3-4,7-9,12,14,16,20-21,25H,2,5-6,10-11,13H2,(H,28,29). The Bertz CT molecular complexity index is 913. The van der Waals surface area contributed by atoms with Crippen LogP contribution in [0.4, 0.5) is 9.18 Å². The lowest BCUT2D eigenvalue weighted by molar-refractivity contribution is -0.139. The summed E-state index contributed by atoms with van der Waals surface area (Å²) in [5, 5.41) is 11.8. The summed E-state index contributed by atoms with van der Waals surface area (Å²) in [7, 11) is 0. The smallest absolute Gasteiger partial charge is 0.404 e. The summed E-state index contributed by atoms with van der Waals surface area (Å²) >= 11 is 0. The van der Waals surface area contributed by atoms with Crippen LogP contribution in [0.15, 0.2) is 48.5 Å². The summed E-state index contributed by atoms with van der Waals surface area (Å²) in [4.78, 5) is 26.0. The van der Waals surface area contributed by atoms with Crippen molar-refractivity contribution in [2.24, 2.45) is 5.92 Å². The lowest BCUT2D eigenvalue weighted by Gasteiger charge is -2.34. The second-order valence-electron chi connectivity index (χ2n) is 7.99. The molecular weight excluding hydrogens is 371 g/mol. The predicted molar refractivity (Wildman–Crippen MR) is 108 cm³/mol. The molecule has 0 spiro atoms. The van der Waals surface area contributed by atoms with Crippen LogP contribution in [-0.2, 0) is 11.2 Å². The first-order valence-corrected chi connectivity index (χ1v) is 10.2. The van der Waals surface area contributed by atoms with Crippen LogP contribution in [-0.4, -0.2) is 40.6 Å². The van der Waals surface area contributed by atoms with Gasteiger partial charge in [0.2, 0.25) is 5.91 Å². The van der Waals surface area contributed by atoms with Crippen LogP contribution >= 0.6 is 0 Å². The lowest BCUT2D eigenvalue weighted by atomic mass is 9.84. The molecule has 2 fully saturated rings. The summed E-state index contributed by atoms with van der Waals surface area (Å²) in [5.74, 6) is -0.0522. The Balaban J connectivity index is 1.57. The van der Waals surface area contributed by atoms with Gasteiger partial charge in [0.25, 0.3) is 0 Å². The summed E-state index contributed by atoms with van der Waals surface area (Å²) < 4.78 is 13.6. The van der Waals surface area contributed by atoms with Crippen LogP contribution in [0, 0.1) is 11.7 Å². The number of halogens is 1. The van der Waals surface area contributed by atoms with Gasteiger partial charge in [-0.25, -0.2) is 9.18 Å². The number of carbonyl (C=O) groups excluding carboxylic acids is 1. The van der Waals surface area contributed by atoms with Crippen molar-refractivity contribution < 1.29 is 19.1 Å². The Morgan fingerprint density at radius 1 is 1.07 bits per heavy atom. The van der Waals surface area contributed by atoms with Gasteiger partial charge < -0.3 is 15.3 Å². The number of nitrogens with zero attached hydrogens (tertiary/aromatic N) is 1. The van der Waals surface area contributed by atoms with Gasteiger partial charge in [0.05, 0.1) is 12.1 Å². The summed E-state index contributed by atoms with van der Waals surface area (Å²) in [6.07, 6.45) is 3.06. The van der Waals surface area contributed by atoms with Gasteiger partial charge in [-0.2, -0.15) is 0 Å². The molecule has 2 aliphatic rings. The maximum Gasteiger partial charge on any atom is 0.404 e. The van der Waals surface area contributed by atoms with Gasteiger partial charge in [-0.05, 0) is 54.5 Å². The second-order valence-corrected chi connectivity index (χ2v) is 7.99. The average Bonchev–Trinajstić information content (AvgIpc) is 3.02. The highest BCUT2D eigenvalue weighted by atomic mass is 19.1.